The molecular formula is C12H14FN3O2S. The number of nitrogens with zero attached hydrogens (tertiary/aromatic N) is 2. The fraction of sp³-hybridized carbons (Fsp3) is 0.250. The largest absolute Gasteiger partial charge is 0.271 e. The number of aromatic nitrogens is 2. The van der Waals surface area contributed by atoms with Crippen LogP contribution in [-0.4, -0.2) is 24.2 Å². The number of nitrogens with one attached hydrogen (secondary N) is 1. The van der Waals surface area contributed by atoms with Crippen LogP contribution in [0.4, 0.5) is 4.39 Å². The Morgan fingerprint density at radius 2 is 2.21 bits per heavy atom. The molecule has 0 saturated heterocycles. The average molecular weight is 283 g/mol. The second kappa shape index (κ2) is 5.50. The summed E-state index contributed by atoms with van der Waals surface area (Å²) < 4.78 is 41.2. The van der Waals surface area contributed by atoms with E-state index in [1.54, 1.807) is 30.1 Å². The van der Waals surface area contributed by atoms with Crippen molar-refractivity contribution in [1.29, 1.82) is 0 Å². The Hall–Kier alpha value is -1.73. The first-order valence-corrected chi connectivity index (χ1v) is 7.21. The van der Waals surface area contributed by atoms with Crippen LogP contribution in [0.3, 0.4) is 0 Å². The Kier molecular flexibility index (Phi) is 3.96. The van der Waals surface area contributed by atoms with Crippen LogP contribution in [0.25, 0.3) is 0 Å². The molecule has 0 fully saturated rings. The third-order valence-electron chi connectivity index (χ3n) is 2.48. The molecule has 1 aromatic carbocycles. The maximum absolute atomic E-state index is 13.0. The zero-order valence-corrected chi connectivity index (χ0v) is 11.1. The zero-order valence-electron chi connectivity index (χ0n) is 10.3. The maximum atomic E-state index is 13.0. The van der Waals surface area contributed by atoms with Gasteiger partial charge in [-0.1, -0.05) is 6.07 Å². The summed E-state index contributed by atoms with van der Waals surface area (Å²) in [6, 6.07) is 6.31. The maximum Gasteiger partial charge on any atom is 0.240 e. The van der Waals surface area contributed by atoms with Crippen LogP contribution in [0.2, 0.25) is 0 Å². The summed E-state index contributed by atoms with van der Waals surface area (Å²) in [6.07, 6.45) is 3.36. The van der Waals surface area contributed by atoms with E-state index in [9.17, 15) is 12.8 Å². The Labute approximate surface area is 111 Å². The lowest BCUT2D eigenvalue weighted by molar-refractivity contribution is 0.493. The molecular weight excluding hydrogens is 269 g/mol. The lowest BCUT2D eigenvalue weighted by Crippen LogP contribution is -2.35. The van der Waals surface area contributed by atoms with E-state index in [4.69, 9.17) is 0 Å². The zero-order chi connectivity index (χ0) is 13.9. The van der Waals surface area contributed by atoms with Gasteiger partial charge in [-0.25, -0.2) is 17.5 Å². The predicted octanol–water partition coefficient (Wildman–Crippen LogP) is 1.39. The SMILES string of the molecule is C[C@@H](Cn1cccn1)NS(=O)(=O)c1cccc(F)c1. The minimum Gasteiger partial charge on any atom is -0.271 e. The Morgan fingerprint density at radius 3 is 2.84 bits per heavy atom. The molecule has 1 N–H and O–H groups in total. The van der Waals surface area contributed by atoms with E-state index in [1.165, 1.54) is 18.2 Å². The molecule has 2 aromatic rings. The summed E-state index contributed by atoms with van der Waals surface area (Å²) in [4.78, 5) is -0.0835. The number of sulfonamides is 1. The number of halogens is 1. The number of hydrogen-bond donors (Lipinski definition) is 1. The summed E-state index contributed by atoms with van der Waals surface area (Å²) in [7, 11) is -3.72. The van der Waals surface area contributed by atoms with Gasteiger partial charge in [0.15, 0.2) is 0 Å². The van der Waals surface area contributed by atoms with Gasteiger partial charge < -0.3 is 0 Å². The highest BCUT2D eigenvalue weighted by molar-refractivity contribution is 7.89. The van der Waals surface area contributed by atoms with Gasteiger partial charge in [0.05, 0.1) is 11.4 Å². The fourth-order valence-electron chi connectivity index (χ4n) is 1.69. The first-order valence-electron chi connectivity index (χ1n) is 5.73. The summed E-state index contributed by atoms with van der Waals surface area (Å²) in [5.41, 5.74) is 0. The summed E-state index contributed by atoms with van der Waals surface area (Å²) in [5.74, 6) is -0.581. The molecule has 2 rings (SSSR count). The van der Waals surface area contributed by atoms with E-state index < -0.39 is 15.8 Å². The average Bonchev–Trinajstić information content (AvgIpc) is 2.81. The van der Waals surface area contributed by atoms with Crippen molar-refractivity contribution in [2.75, 3.05) is 0 Å². The third-order valence-corrected chi connectivity index (χ3v) is 4.07. The van der Waals surface area contributed by atoms with Gasteiger partial charge >= 0.3 is 0 Å². The van der Waals surface area contributed by atoms with E-state index in [0.717, 1.165) is 6.07 Å². The molecule has 102 valence electrons. The van der Waals surface area contributed by atoms with Crippen molar-refractivity contribution in [3.63, 3.8) is 0 Å². The van der Waals surface area contributed by atoms with E-state index in [0.29, 0.717) is 6.54 Å². The van der Waals surface area contributed by atoms with Gasteiger partial charge in [0, 0.05) is 18.4 Å². The van der Waals surface area contributed by atoms with Crippen molar-refractivity contribution in [1.82, 2.24) is 14.5 Å². The van der Waals surface area contributed by atoms with Gasteiger partial charge in [-0.05, 0) is 31.2 Å². The third kappa shape index (κ3) is 3.62. The molecule has 0 radical (unpaired) electrons. The van der Waals surface area contributed by atoms with Gasteiger partial charge in [-0.15, -0.1) is 0 Å². The Balaban J connectivity index is 2.09. The van der Waals surface area contributed by atoms with Crippen molar-refractivity contribution < 1.29 is 12.8 Å². The topological polar surface area (TPSA) is 64.0 Å². The van der Waals surface area contributed by atoms with Crippen molar-refractivity contribution in [2.45, 2.75) is 24.4 Å². The first-order chi connectivity index (χ1) is 8.97. The number of hydrogen-bond acceptors (Lipinski definition) is 3. The molecule has 0 aliphatic carbocycles. The van der Waals surface area contributed by atoms with Crippen LogP contribution in [0.5, 0.6) is 0 Å². The first kappa shape index (κ1) is 13.7. The van der Waals surface area contributed by atoms with E-state index >= 15 is 0 Å². The van der Waals surface area contributed by atoms with Crippen molar-refractivity contribution in [3.8, 4) is 0 Å². The molecule has 0 aliphatic rings. The van der Waals surface area contributed by atoms with Gasteiger partial charge in [0.2, 0.25) is 10.0 Å². The molecule has 0 aliphatic heterocycles. The molecule has 0 spiro atoms. The van der Waals surface area contributed by atoms with E-state index in [1.807, 2.05) is 0 Å². The normalized spacial score (nSPS) is 13.4. The highest BCUT2D eigenvalue weighted by atomic mass is 32.2. The van der Waals surface area contributed by atoms with Crippen molar-refractivity contribution >= 4 is 10.0 Å². The van der Waals surface area contributed by atoms with Gasteiger partial charge in [-0.2, -0.15) is 5.10 Å². The van der Waals surface area contributed by atoms with Crippen LogP contribution in [0, 0.1) is 5.82 Å². The second-order valence-electron chi connectivity index (χ2n) is 4.21. The lowest BCUT2D eigenvalue weighted by Gasteiger charge is -2.14. The van der Waals surface area contributed by atoms with Crippen LogP contribution < -0.4 is 4.72 Å². The molecule has 0 unspecified atom stereocenters. The standard InChI is InChI=1S/C12H14FN3O2S/c1-10(9-16-7-3-6-14-16)15-19(17,18)12-5-2-4-11(13)8-12/h2-8,10,15H,9H2,1H3/t10-/m0/s1. The van der Waals surface area contributed by atoms with Gasteiger partial charge in [0.25, 0.3) is 0 Å². The molecule has 5 nitrogen and oxygen atoms in total. The minimum atomic E-state index is -3.72. The predicted molar refractivity (Wildman–Crippen MR) is 68.4 cm³/mol. The molecule has 0 saturated carbocycles. The lowest BCUT2D eigenvalue weighted by atomic mass is 10.3. The molecule has 7 heteroatoms. The summed E-state index contributed by atoms with van der Waals surface area (Å²) in [6.45, 7) is 2.13. The van der Waals surface area contributed by atoms with Crippen LogP contribution in [-0.2, 0) is 16.6 Å². The quantitative estimate of drug-likeness (QED) is 0.902. The van der Waals surface area contributed by atoms with Crippen LogP contribution in [0.1, 0.15) is 6.92 Å². The monoisotopic (exact) mass is 283 g/mol. The highest BCUT2D eigenvalue weighted by Crippen LogP contribution is 2.11. The molecule has 1 atom stereocenters. The summed E-state index contributed by atoms with van der Waals surface area (Å²) >= 11 is 0. The van der Waals surface area contributed by atoms with Gasteiger partial charge in [-0.3, -0.25) is 4.68 Å². The number of rotatable bonds is 5. The second-order valence-corrected chi connectivity index (χ2v) is 5.92. The van der Waals surface area contributed by atoms with E-state index in [-0.39, 0.29) is 10.9 Å². The van der Waals surface area contributed by atoms with Crippen LogP contribution >= 0.6 is 0 Å². The summed E-state index contributed by atoms with van der Waals surface area (Å²) in [5, 5.41) is 3.99. The smallest absolute Gasteiger partial charge is 0.240 e. The fourth-order valence-corrected chi connectivity index (χ4v) is 2.96. The Morgan fingerprint density at radius 1 is 1.42 bits per heavy atom. The molecule has 0 bridgehead atoms. The molecule has 1 heterocycles. The number of benzene rings is 1. The highest BCUT2D eigenvalue weighted by Gasteiger charge is 2.18. The van der Waals surface area contributed by atoms with Crippen molar-refractivity contribution in [2.24, 2.45) is 0 Å². The van der Waals surface area contributed by atoms with E-state index in [2.05, 4.69) is 9.82 Å². The Bertz CT molecular complexity index is 641. The molecule has 0 amide bonds. The van der Waals surface area contributed by atoms with Crippen molar-refractivity contribution in [3.05, 3.63) is 48.5 Å². The molecule has 19 heavy (non-hydrogen) atoms. The van der Waals surface area contributed by atoms with Crippen LogP contribution in [0.15, 0.2) is 47.6 Å². The minimum absolute atomic E-state index is 0.0835. The molecule has 1 aromatic heterocycles. The van der Waals surface area contributed by atoms with Gasteiger partial charge in [0.1, 0.15) is 5.82 Å².